The maximum Gasteiger partial charge on any atom is 0.261 e. The number of hydrogen-bond acceptors (Lipinski definition) is 5. The molecule has 1 heterocycles. The van der Waals surface area contributed by atoms with Crippen LogP contribution in [0.4, 0.5) is 11.4 Å². The van der Waals surface area contributed by atoms with Gasteiger partial charge in [0.15, 0.2) is 5.76 Å². The molecule has 162 valence electrons. The Labute approximate surface area is 182 Å². The van der Waals surface area contributed by atoms with Gasteiger partial charge in [-0.25, -0.2) is 8.42 Å². The van der Waals surface area contributed by atoms with E-state index in [2.05, 4.69) is 15.2 Å². The molecular formula is C23H25N3O4S. The SMILES string of the molecule is CCC(=O)Nc1c(C)noc1/C=C\c1ccc(S(=O)(=O)Nc2cc(C)cc(C)c2)cc1. The third kappa shape index (κ3) is 5.61. The molecule has 0 radical (unpaired) electrons. The van der Waals surface area contributed by atoms with Crippen molar-refractivity contribution in [2.24, 2.45) is 0 Å². The van der Waals surface area contributed by atoms with Crippen LogP contribution in [0.1, 0.15) is 41.5 Å². The number of aryl methyl sites for hydroxylation is 3. The van der Waals surface area contributed by atoms with E-state index in [1.165, 1.54) is 12.1 Å². The molecule has 0 spiro atoms. The molecule has 0 saturated heterocycles. The molecule has 2 aromatic carbocycles. The molecule has 0 bridgehead atoms. The minimum absolute atomic E-state index is 0.133. The van der Waals surface area contributed by atoms with Gasteiger partial charge in [-0.3, -0.25) is 9.52 Å². The van der Waals surface area contributed by atoms with Crippen LogP contribution in [-0.4, -0.2) is 19.5 Å². The number of anilines is 2. The Morgan fingerprint density at radius 1 is 1.03 bits per heavy atom. The van der Waals surface area contributed by atoms with E-state index < -0.39 is 10.0 Å². The Kier molecular flexibility index (Phi) is 6.60. The third-order valence-electron chi connectivity index (χ3n) is 4.57. The van der Waals surface area contributed by atoms with Gasteiger partial charge in [0.2, 0.25) is 5.91 Å². The van der Waals surface area contributed by atoms with Crippen LogP contribution in [0.25, 0.3) is 12.2 Å². The fourth-order valence-corrected chi connectivity index (χ4v) is 4.10. The summed E-state index contributed by atoms with van der Waals surface area (Å²) < 4.78 is 33.3. The Bertz CT molecular complexity index is 1210. The predicted molar refractivity (Wildman–Crippen MR) is 122 cm³/mol. The Balaban J connectivity index is 1.77. The number of nitrogens with zero attached hydrogens (tertiary/aromatic N) is 1. The molecule has 0 saturated carbocycles. The van der Waals surface area contributed by atoms with Crippen molar-refractivity contribution in [3.8, 4) is 0 Å². The smallest absolute Gasteiger partial charge is 0.261 e. The monoisotopic (exact) mass is 439 g/mol. The second-order valence-electron chi connectivity index (χ2n) is 7.29. The third-order valence-corrected chi connectivity index (χ3v) is 5.96. The molecular weight excluding hydrogens is 414 g/mol. The lowest BCUT2D eigenvalue weighted by atomic mass is 10.1. The van der Waals surface area contributed by atoms with Crippen molar-refractivity contribution in [1.82, 2.24) is 5.16 Å². The van der Waals surface area contributed by atoms with Crippen LogP contribution in [0.5, 0.6) is 0 Å². The van der Waals surface area contributed by atoms with Gasteiger partial charge in [-0.1, -0.05) is 36.4 Å². The highest BCUT2D eigenvalue weighted by molar-refractivity contribution is 7.92. The van der Waals surface area contributed by atoms with Crippen molar-refractivity contribution in [3.63, 3.8) is 0 Å². The number of amides is 1. The van der Waals surface area contributed by atoms with Crippen molar-refractivity contribution in [2.75, 3.05) is 10.0 Å². The highest BCUT2D eigenvalue weighted by Crippen LogP contribution is 2.24. The maximum atomic E-state index is 12.7. The zero-order chi connectivity index (χ0) is 22.6. The molecule has 8 heteroatoms. The lowest BCUT2D eigenvalue weighted by molar-refractivity contribution is -0.115. The molecule has 1 aromatic heterocycles. The zero-order valence-corrected chi connectivity index (χ0v) is 18.7. The second kappa shape index (κ2) is 9.18. The van der Waals surface area contributed by atoms with E-state index in [9.17, 15) is 13.2 Å². The number of carbonyl (C=O) groups is 1. The molecule has 0 aliphatic heterocycles. The second-order valence-corrected chi connectivity index (χ2v) is 8.98. The number of carbonyl (C=O) groups excluding carboxylic acids is 1. The van der Waals surface area contributed by atoms with Gasteiger partial charge >= 0.3 is 0 Å². The number of nitrogens with one attached hydrogen (secondary N) is 2. The fourth-order valence-electron chi connectivity index (χ4n) is 3.06. The van der Waals surface area contributed by atoms with Crippen LogP contribution in [-0.2, 0) is 14.8 Å². The van der Waals surface area contributed by atoms with Gasteiger partial charge < -0.3 is 9.84 Å². The Hall–Kier alpha value is -3.39. The van der Waals surface area contributed by atoms with Crippen LogP contribution in [0, 0.1) is 20.8 Å². The van der Waals surface area contributed by atoms with Crippen molar-refractivity contribution in [1.29, 1.82) is 0 Å². The van der Waals surface area contributed by atoms with Crippen molar-refractivity contribution < 1.29 is 17.7 Å². The number of aromatic nitrogens is 1. The fraction of sp³-hybridized carbons (Fsp3) is 0.217. The van der Waals surface area contributed by atoms with Crippen LogP contribution >= 0.6 is 0 Å². The molecule has 0 unspecified atom stereocenters. The van der Waals surface area contributed by atoms with E-state index in [1.54, 1.807) is 50.3 Å². The van der Waals surface area contributed by atoms with Crippen molar-refractivity contribution in [2.45, 2.75) is 39.0 Å². The van der Waals surface area contributed by atoms with Gasteiger partial charge in [-0.2, -0.15) is 0 Å². The number of rotatable bonds is 7. The molecule has 0 fully saturated rings. The standard InChI is InChI=1S/C23H25N3O4S/c1-5-22(27)24-23-17(4)25-30-21(23)11-8-18-6-9-20(10-7-18)31(28,29)26-19-13-15(2)12-16(3)14-19/h6-14,26H,5H2,1-4H3,(H,24,27)/b11-8-. The minimum Gasteiger partial charge on any atom is -0.354 e. The van der Waals surface area contributed by atoms with Gasteiger partial charge in [0, 0.05) is 12.1 Å². The molecule has 1 amide bonds. The highest BCUT2D eigenvalue weighted by atomic mass is 32.2. The summed E-state index contributed by atoms with van der Waals surface area (Å²) in [6.45, 7) is 7.34. The first-order chi connectivity index (χ1) is 14.7. The summed E-state index contributed by atoms with van der Waals surface area (Å²) in [7, 11) is -3.70. The van der Waals surface area contributed by atoms with Gasteiger partial charge in [0.05, 0.1) is 4.90 Å². The molecule has 2 N–H and O–H groups in total. The van der Waals surface area contributed by atoms with Crippen LogP contribution in [0.15, 0.2) is 51.9 Å². The number of hydrogen-bond donors (Lipinski definition) is 2. The van der Waals surface area contributed by atoms with Crippen LogP contribution in [0.3, 0.4) is 0 Å². The molecule has 0 atom stereocenters. The topological polar surface area (TPSA) is 101 Å². The minimum atomic E-state index is -3.70. The van der Waals surface area contributed by atoms with Gasteiger partial charge in [0.1, 0.15) is 11.4 Å². The van der Waals surface area contributed by atoms with E-state index in [0.717, 1.165) is 16.7 Å². The van der Waals surface area contributed by atoms with Crippen molar-refractivity contribution >= 4 is 39.5 Å². The molecule has 0 aliphatic rings. The molecule has 3 rings (SSSR count). The summed E-state index contributed by atoms with van der Waals surface area (Å²) in [5, 5.41) is 6.66. The van der Waals surface area contributed by atoms with E-state index in [1.807, 2.05) is 19.9 Å². The predicted octanol–water partition coefficient (Wildman–Crippen LogP) is 4.92. The lowest BCUT2D eigenvalue weighted by Gasteiger charge is -2.10. The summed E-state index contributed by atoms with van der Waals surface area (Å²) in [6, 6.07) is 12.0. The summed E-state index contributed by atoms with van der Waals surface area (Å²) in [4.78, 5) is 11.9. The number of benzene rings is 2. The Morgan fingerprint density at radius 2 is 1.68 bits per heavy atom. The van der Waals surface area contributed by atoms with E-state index in [-0.39, 0.29) is 10.8 Å². The van der Waals surface area contributed by atoms with Crippen molar-refractivity contribution in [3.05, 3.63) is 70.6 Å². The maximum absolute atomic E-state index is 12.7. The van der Waals surface area contributed by atoms with E-state index in [4.69, 9.17) is 4.52 Å². The van der Waals surface area contributed by atoms with E-state index >= 15 is 0 Å². The highest BCUT2D eigenvalue weighted by Gasteiger charge is 2.15. The summed E-state index contributed by atoms with van der Waals surface area (Å²) in [5.41, 5.74) is 4.38. The average Bonchev–Trinajstić information content (AvgIpc) is 3.05. The molecule has 3 aromatic rings. The molecule has 0 aliphatic carbocycles. The lowest BCUT2D eigenvalue weighted by Crippen LogP contribution is -2.13. The first kappa shape index (κ1) is 22.3. The summed E-state index contributed by atoms with van der Waals surface area (Å²) in [6.07, 6.45) is 3.79. The normalized spacial score (nSPS) is 11.6. The van der Waals surface area contributed by atoms with Crippen LogP contribution < -0.4 is 10.0 Å². The van der Waals surface area contributed by atoms with Gasteiger partial charge in [-0.05, 0) is 67.8 Å². The zero-order valence-electron chi connectivity index (χ0n) is 17.9. The Morgan fingerprint density at radius 3 is 2.29 bits per heavy atom. The molecule has 7 nitrogen and oxygen atoms in total. The first-order valence-electron chi connectivity index (χ1n) is 9.83. The first-order valence-corrected chi connectivity index (χ1v) is 11.3. The quantitative estimate of drug-likeness (QED) is 0.544. The summed E-state index contributed by atoms with van der Waals surface area (Å²) >= 11 is 0. The van der Waals surface area contributed by atoms with Gasteiger partial charge in [-0.15, -0.1) is 0 Å². The van der Waals surface area contributed by atoms with Gasteiger partial charge in [0.25, 0.3) is 10.0 Å². The van der Waals surface area contributed by atoms with Crippen LogP contribution in [0.2, 0.25) is 0 Å². The van der Waals surface area contributed by atoms with E-state index in [0.29, 0.717) is 29.2 Å². The largest absolute Gasteiger partial charge is 0.354 e. The summed E-state index contributed by atoms with van der Waals surface area (Å²) in [5.74, 6) is 0.291. The average molecular weight is 440 g/mol. The molecule has 31 heavy (non-hydrogen) atoms. The number of sulfonamides is 1.